The van der Waals surface area contributed by atoms with Crippen LogP contribution in [0.1, 0.15) is 79.3 Å². The Hall–Kier alpha value is -6.34. The number of pyridine rings is 1. The van der Waals surface area contributed by atoms with Crippen LogP contribution in [0.3, 0.4) is 0 Å². The molecule has 64 heavy (non-hydrogen) atoms. The number of hydrogen-bond donors (Lipinski definition) is 4. The number of H-pyrrole nitrogens is 1. The van der Waals surface area contributed by atoms with E-state index in [4.69, 9.17) is 0 Å². The molecule has 5 aromatic rings. The first-order valence-corrected chi connectivity index (χ1v) is 22.9. The van der Waals surface area contributed by atoms with Gasteiger partial charge in [0.1, 0.15) is 17.5 Å². The van der Waals surface area contributed by atoms with Crippen LogP contribution < -0.4 is 20.3 Å². The molecule has 4 N–H and O–H groups in total. The van der Waals surface area contributed by atoms with Crippen LogP contribution in [0.2, 0.25) is 0 Å². The topological polar surface area (TPSA) is 203 Å². The molecule has 9 rings (SSSR count). The average molecular weight is 895 g/mol. The molecule has 1 atom stereocenters. The SMILES string of the molecule is CCN(C)S(=O)(=O)Nc1ccc(F)c(C(=O)c2c[nH]c3ncc(-c4cnc(N5CC6(CC(CC(=O)N7CCC(c8ccc(NC9CCC(=O)NC9=O)cc8)CC7)C6)C5)nc4)cc23)c1F. The minimum Gasteiger partial charge on any atom is -0.374 e. The van der Waals surface area contributed by atoms with Gasteiger partial charge in [-0.3, -0.25) is 29.2 Å². The second-order valence-corrected chi connectivity index (χ2v) is 19.3. The van der Waals surface area contributed by atoms with Crippen LogP contribution in [0.15, 0.2) is 67.3 Å². The Morgan fingerprint density at radius 3 is 2.34 bits per heavy atom. The third-order valence-electron chi connectivity index (χ3n) is 13.2. The van der Waals surface area contributed by atoms with E-state index in [1.807, 2.05) is 17.0 Å². The summed E-state index contributed by atoms with van der Waals surface area (Å²) in [6, 6.07) is 11.1. The molecule has 4 aliphatic rings. The molecule has 4 fully saturated rings. The number of aromatic nitrogens is 4. The maximum atomic E-state index is 15.6. The summed E-state index contributed by atoms with van der Waals surface area (Å²) in [6.45, 7) is 4.76. The van der Waals surface area contributed by atoms with Gasteiger partial charge in [-0.2, -0.15) is 12.7 Å². The van der Waals surface area contributed by atoms with E-state index in [9.17, 15) is 27.6 Å². The number of halogens is 2. The standard InChI is InChI=1S/C45H48F2N10O6S/c1-3-55(2)64(62,63)54-35-9-8-34(46)39(40(35)47)41(60)33-23-49-42-32(33)17-29(20-48-42)30-21-50-44(51-22-30)57-24-45(25-57)18-26(19-45)16-38(59)56-14-12-28(13-15-56)27-4-6-31(7-5-27)52-36-10-11-37(58)53-43(36)61/h4-9,17,20-23,26,28,36,52,54H,3,10-16,18-19,24-25H2,1-2H3,(H,48,49)(H,53,58,61). The fraction of sp³-hybridized carbons (Fsp3) is 0.400. The van der Waals surface area contributed by atoms with Crippen LogP contribution >= 0.6 is 0 Å². The summed E-state index contributed by atoms with van der Waals surface area (Å²) >= 11 is 0. The van der Waals surface area contributed by atoms with Gasteiger partial charge >= 0.3 is 10.2 Å². The quantitative estimate of drug-likeness (QED) is 0.0875. The Morgan fingerprint density at radius 2 is 1.66 bits per heavy atom. The lowest BCUT2D eigenvalue weighted by atomic mass is 9.57. The number of amides is 3. The van der Waals surface area contributed by atoms with E-state index in [0.717, 1.165) is 74.0 Å². The normalized spacial score (nSPS) is 19.1. The number of nitrogens with one attached hydrogen (secondary N) is 4. The Kier molecular flexibility index (Phi) is 11.4. The number of benzene rings is 2. The number of likely N-dealkylation sites (tertiary alicyclic amines) is 1. The number of fused-ring (bicyclic) bond motifs is 1. The van der Waals surface area contributed by atoms with Crippen LogP contribution in [-0.4, -0.2) is 107 Å². The van der Waals surface area contributed by atoms with Crippen molar-refractivity contribution >= 4 is 62.1 Å². The van der Waals surface area contributed by atoms with Crippen molar-refractivity contribution in [2.75, 3.05) is 54.7 Å². The van der Waals surface area contributed by atoms with E-state index in [1.165, 1.54) is 18.8 Å². The molecule has 19 heteroatoms. The second-order valence-electron chi connectivity index (χ2n) is 17.5. The summed E-state index contributed by atoms with van der Waals surface area (Å²) in [5.41, 5.74) is 2.19. The van der Waals surface area contributed by atoms with Crippen molar-refractivity contribution in [1.29, 1.82) is 0 Å². The van der Waals surface area contributed by atoms with E-state index in [1.54, 1.807) is 31.6 Å². The van der Waals surface area contributed by atoms with Gasteiger partial charge in [0, 0.05) is 111 Å². The summed E-state index contributed by atoms with van der Waals surface area (Å²) in [5, 5.41) is 5.90. The molecule has 1 aliphatic carbocycles. The first-order chi connectivity index (χ1) is 30.7. The largest absolute Gasteiger partial charge is 0.374 e. The van der Waals surface area contributed by atoms with Crippen LogP contribution in [0.25, 0.3) is 22.2 Å². The molecule has 16 nitrogen and oxygen atoms in total. The molecule has 1 unspecified atom stereocenters. The minimum absolute atomic E-state index is 0.0522. The number of hydrogen-bond acceptors (Lipinski definition) is 11. The van der Waals surface area contributed by atoms with Gasteiger partial charge in [-0.05, 0) is 79.8 Å². The zero-order valence-corrected chi connectivity index (χ0v) is 36.2. The van der Waals surface area contributed by atoms with Crippen LogP contribution in [0.4, 0.5) is 26.1 Å². The van der Waals surface area contributed by atoms with Crippen molar-refractivity contribution in [3.63, 3.8) is 0 Å². The smallest absolute Gasteiger partial charge is 0.301 e. The molecule has 3 aliphatic heterocycles. The summed E-state index contributed by atoms with van der Waals surface area (Å²) in [7, 11) is -2.85. The van der Waals surface area contributed by atoms with Crippen LogP contribution in [0, 0.1) is 23.0 Å². The predicted molar refractivity (Wildman–Crippen MR) is 235 cm³/mol. The second kappa shape index (κ2) is 17.0. The van der Waals surface area contributed by atoms with Crippen LogP contribution in [0.5, 0.6) is 0 Å². The van der Waals surface area contributed by atoms with Crippen molar-refractivity contribution in [2.45, 2.75) is 63.8 Å². The molecule has 2 aromatic carbocycles. The molecular formula is C45H48F2N10O6S. The highest BCUT2D eigenvalue weighted by atomic mass is 32.2. The van der Waals surface area contributed by atoms with Crippen molar-refractivity contribution in [1.82, 2.24) is 34.5 Å². The van der Waals surface area contributed by atoms with E-state index < -0.39 is 44.9 Å². The van der Waals surface area contributed by atoms with E-state index in [-0.39, 0.29) is 35.2 Å². The molecule has 6 heterocycles. The van der Waals surface area contributed by atoms with Crippen molar-refractivity contribution < 1.29 is 36.4 Å². The van der Waals surface area contributed by atoms with E-state index >= 15 is 8.78 Å². The third-order valence-corrected chi connectivity index (χ3v) is 14.8. The number of ketones is 1. The number of rotatable bonds is 13. The number of anilines is 3. The van der Waals surface area contributed by atoms with Gasteiger partial charge in [-0.25, -0.2) is 23.7 Å². The number of aromatic amines is 1. The molecule has 3 saturated heterocycles. The lowest BCUT2D eigenvalue weighted by Gasteiger charge is -2.59. The molecule has 0 radical (unpaired) electrons. The fourth-order valence-corrected chi connectivity index (χ4v) is 10.5. The van der Waals surface area contributed by atoms with Gasteiger partial charge in [0.2, 0.25) is 29.5 Å². The highest BCUT2D eigenvalue weighted by molar-refractivity contribution is 7.90. The first-order valence-electron chi connectivity index (χ1n) is 21.5. The number of carbonyl (C=O) groups excluding carboxylic acids is 4. The third kappa shape index (κ3) is 8.41. The Bertz CT molecular complexity index is 2750. The lowest BCUT2D eigenvalue weighted by Crippen LogP contribution is -2.63. The summed E-state index contributed by atoms with van der Waals surface area (Å²) in [5.74, 6) is -2.49. The maximum Gasteiger partial charge on any atom is 0.301 e. The molecular weight excluding hydrogens is 847 g/mol. The van der Waals surface area contributed by atoms with Crippen LogP contribution in [-0.2, 0) is 24.6 Å². The Balaban J connectivity index is 0.754. The molecule has 3 aromatic heterocycles. The number of piperidine rings is 2. The molecule has 0 bridgehead atoms. The Labute approximate surface area is 368 Å². The van der Waals surface area contributed by atoms with Gasteiger partial charge in [0.15, 0.2) is 5.82 Å². The predicted octanol–water partition coefficient (Wildman–Crippen LogP) is 5.37. The molecule has 1 saturated carbocycles. The number of nitrogens with zero attached hydrogens (tertiary/aromatic N) is 6. The molecule has 334 valence electrons. The Morgan fingerprint density at radius 1 is 0.953 bits per heavy atom. The van der Waals surface area contributed by atoms with E-state index in [2.05, 4.69) is 52.3 Å². The van der Waals surface area contributed by atoms with Gasteiger partial charge in [0.05, 0.1) is 11.3 Å². The van der Waals surface area contributed by atoms with Gasteiger partial charge in [0.25, 0.3) is 0 Å². The monoisotopic (exact) mass is 894 g/mol. The average Bonchev–Trinajstić information content (AvgIpc) is 3.69. The zero-order chi connectivity index (χ0) is 44.9. The number of imide groups is 1. The van der Waals surface area contributed by atoms with Gasteiger partial charge in [-0.1, -0.05) is 19.1 Å². The first kappa shape index (κ1) is 42.9. The fourth-order valence-electron chi connectivity index (χ4n) is 9.54. The highest BCUT2D eigenvalue weighted by Crippen LogP contribution is 2.53. The summed E-state index contributed by atoms with van der Waals surface area (Å²) < 4.78 is 58.7. The van der Waals surface area contributed by atoms with Crippen molar-refractivity contribution in [2.24, 2.45) is 11.3 Å². The lowest BCUT2D eigenvalue weighted by molar-refractivity contribution is -0.136. The maximum absolute atomic E-state index is 15.6. The molecule has 1 spiro atoms. The highest BCUT2D eigenvalue weighted by Gasteiger charge is 2.53. The van der Waals surface area contributed by atoms with E-state index in [0.29, 0.717) is 59.2 Å². The number of carbonyl (C=O) groups is 4. The zero-order valence-electron chi connectivity index (χ0n) is 35.4. The van der Waals surface area contributed by atoms with Crippen molar-refractivity contribution in [3.05, 3.63) is 95.6 Å². The molecule has 3 amide bonds. The van der Waals surface area contributed by atoms with Gasteiger partial charge in [-0.15, -0.1) is 0 Å². The minimum atomic E-state index is -4.15. The van der Waals surface area contributed by atoms with Crippen molar-refractivity contribution in [3.8, 4) is 11.1 Å². The summed E-state index contributed by atoms with van der Waals surface area (Å²) in [4.78, 5) is 71.1. The van der Waals surface area contributed by atoms with Gasteiger partial charge < -0.3 is 20.1 Å². The summed E-state index contributed by atoms with van der Waals surface area (Å²) in [6.07, 6.45) is 11.3.